The molecule has 19 heavy (non-hydrogen) atoms. The Morgan fingerprint density at radius 3 is 2.32 bits per heavy atom. The molecule has 0 unspecified atom stereocenters. The van der Waals surface area contributed by atoms with Crippen LogP contribution in [0.15, 0.2) is 18.2 Å². The Bertz CT molecular complexity index is 552. The molecule has 1 aromatic carbocycles. The Labute approximate surface area is 124 Å². The molecule has 0 amide bonds. The zero-order valence-electron chi connectivity index (χ0n) is 10.3. The van der Waals surface area contributed by atoms with Crippen LogP contribution in [0.2, 0.25) is 5.15 Å². The molecule has 0 atom stereocenters. The molecule has 0 aliphatic heterocycles. The van der Waals surface area contributed by atoms with Gasteiger partial charge in [0.2, 0.25) is 5.75 Å². The molecule has 102 valence electrons. The van der Waals surface area contributed by atoms with Gasteiger partial charge in [0, 0.05) is 0 Å². The average Bonchev–Trinajstić information content (AvgIpc) is 2.79. The largest absolute Gasteiger partial charge is 0.493 e. The Balaban J connectivity index is 2.36. The predicted octanol–water partition coefficient (Wildman–Crippen LogP) is 4.34. The minimum absolute atomic E-state index is 0.295. The van der Waals surface area contributed by atoms with Gasteiger partial charge in [-0.1, -0.05) is 29.0 Å². The van der Waals surface area contributed by atoms with E-state index >= 15 is 0 Å². The standard InChI is InChI=1S/C12H11Cl2NO3S/c1-16-7-4-3-5-8(17-2)10(7)18-12-15-11(14)9(6-13)19-12/h3-5H,6H2,1-2H3. The van der Waals surface area contributed by atoms with E-state index in [1.54, 1.807) is 26.4 Å². The summed E-state index contributed by atoms with van der Waals surface area (Å²) in [6, 6.07) is 5.36. The van der Waals surface area contributed by atoms with Gasteiger partial charge >= 0.3 is 0 Å². The Hall–Kier alpha value is -1.17. The fourth-order valence-corrected chi connectivity index (χ4v) is 2.77. The maximum Gasteiger partial charge on any atom is 0.280 e. The summed E-state index contributed by atoms with van der Waals surface area (Å²) >= 11 is 13.0. The van der Waals surface area contributed by atoms with Gasteiger partial charge in [0.15, 0.2) is 11.5 Å². The van der Waals surface area contributed by atoms with E-state index in [4.69, 9.17) is 37.4 Å². The van der Waals surface area contributed by atoms with Crippen molar-refractivity contribution in [3.63, 3.8) is 0 Å². The number of thiazole rings is 1. The van der Waals surface area contributed by atoms with Crippen molar-refractivity contribution in [3.8, 4) is 22.4 Å². The summed E-state index contributed by atoms with van der Waals surface area (Å²) in [7, 11) is 3.11. The molecule has 0 aliphatic rings. The summed E-state index contributed by atoms with van der Waals surface area (Å²) in [5, 5.41) is 0.743. The molecule has 1 heterocycles. The highest BCUT2D eigenvalue weighted by atomic mass is 35.5. The molecule has 0 fully saturated rings. The molecule has 0 spiro atoms. The number of alkyl halides is 1. The molecule has 0 saturated carbocycles. The van der Waals surface area contributed by atoms with Crippen molar-refractivity contribution in [2.24, 2.45) is 0 Å². The fourth-order valence-electron chi connectivity index (χ4n) is 1.44. The van der Waals surface area contributed by atoms with E-state index in [-0.39, 0.29) is 0 Å². The van der Waals surface area contributed by atoms with E-state index in [1.807, 2.05) is 6.07 Å². The normalized spacial score (nSPS) is 10.3. The van der Waals surface area contributed by atoms with Crippen LogP contribution in [0.5, 0.6) is 22.4 Å². The van der Waals surface area contributed by atoms with Crippen LogP contribution in [-0.2, 0) is 5.88 Å². The van der Waals surface area contributed by atoms with E-state index in [0.29, 0.717) is 33.5 Å². The lowest BCUT2D eigenvalue weighted by Crippen LogP contribution is -1.93. The fraction of sp³-hybridized carbons (Fsp3) is 0.250. The van der Waals surface area contributed by atoms with E-state index in [1.165, 1.54) is 11.3 Å². The van der Waals surface area contributed by atoms with Gasteiger partial charge in [-0.3, -0.25) is 0 Å². The predicted molar refractivity (Wildman–Crippen MR) is 76.3 cm³/mol. The van der Waals surface area contributed by atoms with Crippen molar-refractivity contribution >= 4 is 34.5 Å². The number of para-hydroxylation sites is 1. The van der Waals surface area contributed by atoms with Gasteiger partial charge in [-0.15, -0.1) is 11.6 Å². The number of methoxy groups -OCH3 is 2. The van der Waals surface area contributed by atoms with Crippen molar-refractivity contribution in [2.75, 3.05) is 14.2 Å². The number of nitrogens with zero attached hydrogens (tertiary/aromatic N) is 1. The lowest BCUT2D eigenvalue weighted by Gasteiger charge is -2.11. The van der Waals surface area contributed by atoms with Crippen LogP contribution in [0.4, 0.5) is 0 Å². The smallest absolute Gasteiger partial charge is 0.280 e. The number of halogens is 2. The van der Waals surface area contributed by atoms with Crippen LogP contribution in [0, 0.1) is 0 Å². The van der Waals surface area contributed by atoms with Crippen molar-refractivity contribution in [1.82, 2.24) is 4.98 Å². The Kier molecular flexibility index (Phi) is 4.74. The molecule has 0 N–H and O–H groups in total. The highest BCUT2D eigenvalue weighted by Crippen LogP contribution is 2.42. The summed E-state index contributed by atoms with van der Waals surface area (Å²) in [5.41, 5.74) is 0. The second-order valence-electron chi connectivity index (χ2n) is 3.42. The van der Waals surface area contributed by atoms with E-state index in [2.05, 4.69) is 4.98 Å². The summed E-state index contributed by atoms with van der Waals surface area (Å²) in [6.07, 6.45) is 0. The van der Waals surface area contributed by atoms with Crippen molar-refractivity contribution in [2.45, 2.75) is 5.88 Å². The van der Waals surface area contributed by atoms with E-state index in [9.17, 15) is 0 Å². The molecule has 0 bridgehead atoms. The number of aromatic nitrogens is 1. The van der Waals surface area contributed by atoms with Crippen LogP contribution in [0.25, 0.3) is 0 Å². The third-order valence-electron chi connectivity index (χ3n) is 2.32. The number of hydrogen-bond donors (Lipinski definition) is 0. The van der Waals surface area contributed by atoms with Crippen LogP contribution in [0.3, 0.4) is 0 Å². The molecule has 0 aliphatic carbocycles. The van der Waals surface area contributed by atoms with Gasteiger partial charge in [0.05, 0.1) is 25.0 Å². The van der Waals surface area contributed by atoms with Gasteiger partial charge in [-0.25, -0.2) is 0 Å². The molecule has 1 aromatic heterocycles. The topological polar surface area (TPSA) is 40.6 Å². The van der Waals surface area contributed by atoms with Crippen molar-refractivity contribution in [1.29, 1.82) is 0 Å². The third kappa shape index (κ3) is 3.05. The molecule has 4 nitrogen and oxygen atoms in total. The minimum atomic E-state index is 0.295. The lowest BCUT2D eigenvalue weighted by molar-refractivity contribution is 0.345. The first-order valence-electron chi connectivity index (χ1n) is 5.29. The molecular formula is C12H11Cl2NO3S. The summed E-state index contributed by atoms with van der Waals surface area (Å²) in [6.45, 7) is 0. The molecular weight excluding hydrogens is 309 g/mol. The monoisotopic (exact) mass is 319 g/mol. The second-order valence-corrected chi connectivity index (χ2v) is 5.09. The molecule has 2 aromatic rings. The summed E-state index contributed by atoms with van der Waals surface area (Å²) < 4.78 is 16.2. The van der Waals surface area contributed by atoms with Crippen molar-refractivity contribution < 1.29 is 14.2 Å². The maximum atomic E-state index is 5.93. The Morgan fingerprint density at radius 2 is 1.84 bits per heavy atom. The minimum Gasteiger partial charge on any atom is -0.493 e. The number of ether oxygens (including phenoxy) is 3. The quantitative estimate of drug-likeness (QED) is 0.768. The molecule has 2 rings (SSSR count). The average molecular weight is 320 g/mol. The van der Waals surface area contributed by atoms with Crippen LogP contribution >= 0.6 is 34.5 Å². The maximum absolute atomic E-state index is 5.93. The van der Waals surface area contributed by atoms with E-state index < -0.39 is 0 Å². The molecule has 0 saturated heterocycles. The zero-order valence-corrected chi connectivity index (χ0v) is 12.6. The van der Waals surface area contributed by atoms with Gasteiger partial charge in [-0.05, 0) is 12.1 Å². The molecule has 7 heteroatoms. The molecule has 0 radical (unpaired) electrons. The number of hydrogen-bond acceptors (Lipinski definition) is 5. The van der Waals surface area contributed by atoms with Gasteiger partial charge in [0.1, 0.15) is 5.15 Å². The van der Waals surface area contributed by atoms with Gasteiger partial charge in [-0.2, -0.15) is 4.98 Å². The first-order chi connectivity index (χ1) is 9.19. The SMILES string of the molecule is COc1cccc(OC)c1Oc1nc(Cl)c(CCl)s1. The summed E-state index contributed by atoms with van der Waals surface area (Å²) in [4.78, 5) is 4.85. The second kappa shape index (κ2) is 6.32. The first-order valence-corrected chi connectivity index (χ1v) is 7.02. The lowest BCUT2D eigenvalue weighted by atomic mass is 10.3. The van der Waals surface area contributed by atoms with Gasteiger partial charge in [0.25, 0.3) is 5.19 Å². The first kappa shape index (κ1) is 14.2. The van der Waals surface area contributed by atoms with Crippen LogP contribution < -0.4 is 14.2 Å². The number of rotatable bonds is 5. The zero-order chi connectivity index (χ0) is 13.8. The Morgan fingerprint density at radius 1 is 1.21 bits per heavy atom. The third-order valence-corrected chi connectivity index (χ3v) is 4.11. The highest BCUT2D eigenvalue weighted by molar-refractivity contribution is 7.14. The van der Waals surface area contributed by atoms with E-state index in [0.717, 1.165) is 4.88 Å². The highest BCUT2D eigenvalue weighted by Gasteiger charge is 2.16. The summed E-state index contributed by atoms with van der Waals surface area (Å²) in [5.74, 6) is 1.86. The van der Waals surface area contributed by atoms with Crippen molar-refractivity contribution in [3.05, 3.63) is 28.2 Å². The van der Waals surface area contributed by atoms with Crippen LogP contribution in [0.1, 0.15) is 4.88 Å². The van der Waals surface area contributed by atoms with Gasteiger partial charge < -0.3 is 14.2 Å². The number of benzene rings is 1. The van der Waals surface area contributed by atoms with Crippen LogP contribution in [-0.4, -0.2) is 19.2 Å².